The van der Waals surface area contributed by atoms with E-state index in [-0.39, 0.29) is 12.0 Å². The van der Waals surface area contributed by atoms with Crippen LogP contribution in [-0.4, -0.2) is 39.2 Å². The van der Waals surface area contributed by atoms with Crippen LogP contribution in [0.5, 0.6) is 5.75 Å². The molecular weight excluding hydrogens is 342 g/mol. The molecule has 1 aliphatic heterocycles. The van der Waals surface area contributed by atoms with Crippen LogP contribution in [0.25, 0.3) is 5.65 Å². The molecule has 1 aliphatic rings. The molecule has 3 aromatic heterocycles. The van der Waals surface area contributed by atoms with E-state index < -0.39 is 0 Å². The molecule has 130 valence electrons. The number of ether oxygens (including phenoxy) is 2. The van der Waals surface area contributed by atoms with Crippen molar-refractivity contribution in [1.82, 2.24) is 19.6 Å². The zero-order chi connectivity index (χ0) is 17.4. The van der Waals surface area contributed by atoms with Gasteiger partial charge in [0.05, 0.1) is 12.8 Å². The predicted octanol–water partition coefficient (Wildman–Crippen LogP) is 2.61. The maximum atomic E-state index is 12.7. The molecule has 0 spiro atoms. The summed E-state index contributed by atoms with van der Waals surface area (Å²) in [7, 11) is 1.58. The Balaban J connectivity index is 1.61. The second-order valence-electron chi connectivity index (χ2n) is 5.72. The molecule has 25 heavy (non-hydrogen) atoms. The number of hydrogen-bond donors (Lipinski definition) is 1. The van der Waals surface area contributed by atoms with E-state index in [4.69, 9.17) is 9.47 Å². The molecule has 1 atom stereocenters. The zero-order valence-electron chi connectivity index (χ0n) is 13.9. The van der Waals surface area contributed by atoms with E-state index in [0.717, 1.165) is 24.5 Å². The highest BCUT2D eigenvalue weighted by Gasteiger charge is 2.24. The molecular formula is C16H17N5O3S. The van der Waals surface area contributed by atoms with Gasteiger partial charge in [-0.3, -0.25) is 14.5 Å². The summed E-state index contributed by atoms with van der Waals surface area (Å²) in [6, 6.07) is 3.62. The quantitative estimate of drug-likeness (QED) is 0.770. The van der Waals surface area contributed by atoms with E-state index >= 15 is 0 Å². The first kappa shape index (κ1) is 16.0. The van der Waals surface area contributed by atoms with Gasteiger partial charge in [-0.25, -0.2) is 4.98 Å². The second-order valence-corrected chi connectivity index (χ2v) is 6.73. The Kier molecular flexibility index (Phi) is 4.10. The number of carbonyl (C=O) groups is 1. The minimum atomic E-state index is -0.284. The van der Waals surface area contributed by atoms with Crippen LogP contribution >= 0.6 is 11.3 Å². The van der Waals surface area contributed by atoms with Gasteiger partial charge in [-0.2, -0.15) is 0 Å². The van der Waals surface area contributed by atoms with Crippen LogP contribution in [0.1, 0.15) is 40.1 Å². The average molecular weight is 359 g/mol. The topological polar surface area (TPSA) is 90.6 Å². The lowest BCUT2D eigenvalue weighted by atomic mass is 10.2. The SMILES string of the molecule is COc1cccn2c(C(=O)Nc3nnc(C4CCCO4)s3)c(C)nc12. The number of pyridine rings is 1. The third-order valence-corrected chi connectivity index (χ3v) is 5.02. The third kappa shape index (κ3) is 2.85. The fraction of sp³-hybridized carbons (Fsp3) is 0.375. The monoisotopic (exact) mass is 359 g/mol. The number of rotatable bonds is 4. The molecule has 4 heterocycles. The van der Waals surface area contributed by atoms with Crippen molar-refractivity contribution in [2.45, 2.75) is 25.9 Å². The predicted molar refractivity (Wildman–Crippen MR) is 92.3 cm³/mol. The molecule has 1 unspecified atom stereocenters. The van der Waals surface area contributed by atoms with E-state index in [2.05, 4.69) is 20.5 Å². The second kappa shape index (κ2) is 6.41. The van der Waals surface area contributed by atoms with Gasteiger partial charge in [0.15, 0.2) is 11.4 Å². The molecule has 0 aliphatic carbocycles. The van der Waals surface area contributed by atoms with Crippen molar-refractivity contribution < 1.29 is 14.3 Å². The summed E-state index contributed by atoms with van der Waals surface area (Å²) in [4.78, 5) is 17.2. The smallest absolute Gasteiger partial charge is 0.276 e. The Bertz CT molecular complexity index is 929. The van der Waals surface area contributed by atoms with E-state index in [9.17, 15) is 4.79 Å². The Morgan fingerprint density at radius 3 is 3.12 bits per heavy atom. The molecule has 8 nitrogen and oxygen atoms in total. The van der Waals surface area contributed by atoms with Gasteiger partial charge in [0.2, 0.25) is 5.13 Å². The van der Waals surface area contributed by atoms with E-state index in [1.807, 2.05) is 12.1 Å². The average Bonchev–Trinajstić information content (AvgIpc) is 3.32. The van der Waals surface area contributed by atoms with Gasteiger partial charge in [0.25, 0.3) is 5.91 Å². The van der Waals surface area contributed by atoms with Gasteiger partial charge in [0, 0.05) is 12.8 Å². The summed E-state index contributed by atoms with van der Waals surface area (Å²) in [5.74, 6) is 0.328. The number of amides is 1. The highest BCUT2D eigenvalue weighted by atomic mass is 32.1. The van der Waals surface area contributed by atoms with Crippen molar-refractivity contribution in [2.24, 2.45) is 0 Å². The van der Waals surface area contributed by atoms with Crippen molar-refractivity contribution in [3.63, 3.8) is 0 Å². The number of nitrogens with one attached hydrogen (secondary N) is 1. The summed E-state index contributed by atoms with van der Waals surface area (Å²) >= 11 is 1.34. The summed E-state index contributed by atoms with van der Waals surface area (Å²) in [5.41, 5.74) is 1.67. The van der Waals surface area contributed by atoms with Gasteiger partial charge >= 0.3 is 0 Å². The number of carbonyl (C=O) groups excluding carboxylic acids is 1. The van der Waals surface area contributed by atoms with Crippen LogP contribution in [0.4, 0.5) is 5.13 Å². The normalized spacial score (nSPS) is 17.1. The largest absolute Gasteiger partial charge is 0.493 e. The van der Waals surface area contributed by atoms with Crippen molar-refractivity contribution >= 4 is 28.0 Å². The molecule has 9 heteroatoms. The van der Waals surface area contributed by atoms with Gasteiger partial charge in [-0.05, 0) is 31.9 Å². The van der Waals surface area contributed by atoms with Crippen LogP contribution < -0.4 is 10.1 Å². The standard InChI is InChI=1S/C16H17N5O3S/c1-9-12(21-7-3-5-10(23-2)13(21)17-9)14(22)18-16-20-19-15(25-16)11-6-4-8-24-11/h3,5,7,11H,4,6,8H2,1-2H3,(H,18,20,22). The van der Waals surface area contributed by atoms with E-state index in [0.29, 0.717) is 27.9 Å². The summed E-state index contributed by atoms with van der Waals surface area (Å²) < 4.78 is 12.6. The molecule has 0 bridgehead atoms. The first-order valence-corrected chi connectivity index (χ1v) is 8.77. The van der Waals surface area contributed by atoms with Crippen LogP contribution in [-0.2, 0) is 4.74 Å². The summed E-state index contributed by atoms with van der Waals surface area (Å²) in [6.45, 7) is 2.54. The Morgan fingerprint density at radius 1 is 1.48 bits per heavy atom. The lowest BCUT2D eigenvalue weighted by Crippen LogP contribution is -2.15. The molecule has 3 aromatic rings. The number of hydrogen-bond acceptors (Lipinski definition) is 7. The van der Waals surface area contributed by atoms with Crippen LogP contribution in [0.2, 0.25) is 0 Å². The highest BCUT2D eigenvalue weighted by molar-refractivity contribution is 7.15. The van der Waals surface area contributed by atoms with Gasteiger partial charge in [0.1, 0.15) is 16.8 Å². The van der Waals surface area contributed by atoms with Crippen LogP contribution in [0.15, 0.2) is 18.3 Å². The zero-order valence-corrected chi connectivity index (χ0v) is 14.7. The molecule has 1 fully saturated rings. The first-order chi connectivity index (χ1) is 12.2. The van der Waals surface area contributed by atoms with E-state index in [1.165, 1.54) is 11.3 Å². The minimum absolute atomic E-state index is 0.00931. The number of anilines is 1. The Labute approximate surface area is 147 Å². The van der Waals surface area contributed by atoms with Crippen molar-refractivity contribution in [3.05, 3.63) is 34.7 Å². The maximum Gasteiger partial charge on any atom is 0.276 e. The maximum absolute atomic E-state index is 12.7. The van der Waals surface area contributed by atoms with Crippen molar-refractivity contribution in [1.29, 1.82) is 0 Å². The molecule has 0 aromatic carbocycles. The Morgan fingerprint density at radius 2 is 2.36 bits per heavy atom. The van der Waals surface area contributed by atoms with Gasteiger partial charge in [-0.1, -0.05) is 11.3 Å². The van der Waals surface area contributed by atoms with Crippen LogP contribution in [0, 0.1) is 6.92 Å². The van der Waals surface area contributed by atoms with Gasteiger partial charge < -0.3 is 9.47 Å². The van der Waals surface area contributed by atoms with Crippen molar-refractivity contribution in [3.8, 4) is 5.75 Å². The molecule has 1 amide bonds. The lowest BCUT2D eigenvalue weighted by Gasteiger charge is -2.05. The molecule has 1 saturated heterocycles. The lowest BCUT2D eigenvalue weighted by molar-refractivity contribution is 0.102. The summed E-state index contributed by atoms with van der Waals surface area (Å²) in [5, 5.41) is 12.2. The van der Waals surface area contributed by atoms with Crippen LogP contribution in [0.3, 0.4) is 0 Å². The fourth-order valence-corrected chi connectivity index (χ4v) is 3.76. The molecule has 4 rings (SSSR count). The number of aromatic nitrogens is 4. The van der Waals surface area contributed by atoms with Crippen molar-refractivity contribution in [2.75, 3.05) is 19.0 Å². The molecule has 0 radical (unpaired) electrons. The third-order valence-electron chi connectivity index (χ3n) is 4.09. The number of aryl methyl sites for hydroxylation is 1. The number of imidazole rings is 1. The Hall–Kier alpha value is -2.52. The number of nitrogens with zero attached hydrogens (tertiary/aromatic N) is 4. The summed E-state index contributed by atoms with van der Waals surface area (Å²) in [6.07, 6.45) is 3.73. The van der Waals surface area contributed by atoms with E-state index in [1.54, 1.807) is 24.6 Å². The molecule has 1 N–H and O–H groups in total. The molecule has 0 saturated carbocycles. The fourth-order valence-electron chi connectivity index (χ4n) is 2.93. The number of methoxy groups -OCH3 is 1. The highest BCUT2D eigenvalue weighted by Crippen LogP contribution is 2.32. The number of fused-ring (bicyclic) bond motifs is 1. The first-order valence-electron chi connectivity index (χ1n) is 7.95. The minimum Gasteiger partial charge on any atom is -0.493 e. The van der Waals surface area contributed by atoms with Gasteiger partial charge in [-0.15, -0.1) is 10.2 Å².